The van der Waals surface area contributed by atoms with Gasteiger partial charge in [0.05, 0.1) is 7.11 Å². The molecule has 0 bridgehead atoms. The van der Waals surface area contributed by atoms with Crippen LogP contribution >= 0.6 is 0 Å². The molecule has 0 radical (unpaired) electrons. The van der Waals surface area contributed by atoms with Gasteiger partial charge < -0.3 is 10.1 Å². The first kappa shape index (κ1) is 13.3. The van der Waals surface area contributed by atoms with Crippen molar-refractivity contribution in [3.63, 3.8) is 0 Å². The number of benzene rings is 1. The molecule has 2 rings (SSSR count). The molecule has 1 aromatic carbocycles. The molecule has 0 aromatic heterocycles. The van der Waals surface area contributed by atoms with Crippen molar-refractivity contribution in [1.29, 1.82) is 0 Å². The monoisotopic (exact) mass is 255 g/mol. The molecule has 1 aliphatic heterocycles. The maximum absolute atomic E-state index is 14.9. The van der Waals surface area contributed by atoms with Gasteiger partial charge in [-0.05, 0) is 32.4 Å². The van der Waals surface area contributed by atoms with Crippen LogP contribution in [-0.2, 0) is 5.67 Å². The highest BCUT2D eigenvalue weighted by Crippen LogP contribution is 2.40. The van der Waals surface area contributed by atoms with Gasteiger partial charge in [0.25, 0.3) is 0 Å². The standard InChI is InChI=1S/C14H19F2NO/c1-14(16,10-5-4-8-17-9-10)11-6-3-7-12(18-2)13(11)15/h3,6-7,10,17H,4-5,8-9H2,1-2H3. The van der Waals surface area contributed by atoms with Gasteiger partial charge in [-0.2, -0.15) is 0 Å². The molecule has 100 valence electrons. The first-order chi connectivity index (χ1) is 8.57. The predicted octanol–water partition coefficient (Wildman–Crippen LogP) is 3.02. The zero-order valence-corrected chi connectivity index (χ0v) is 10.8. The zero-order chi connectivity index (χ0) is 13.2. The van der Waals surface area contributed by atoms with Gasteiger partial charge in [-0.25, -0.2) is 8.78 Å². The van der Waals surface area contributed by atoms with E-state index in [4.69, 9.17) is 4.74 Å². The SMILES string of the molecule is COc1cccc(C(C)(F)C2CCCNC2)c1F. The Bertz CT molecular complexity index is 414. The summed E-state index contributed by atoms with van der Waals surface area (Å²) in [6, 6.07) is 4.64. The van der Waals surface area contributed by atoms with Crippen molar-refractivity contribution < 1.29 is 13.5 Å². The Hall–Kier alpha value is -1.16. The lowest BCUT2D eigenvalue weighted by Gasteiger charge is -2.34. The fourth-order valence-electron chi connectivity index (χ4n) is 2.58. The highest BCUT2D eigenvalue weighted by atomic mass is 19.1. The van der Waals surface area contributed by atoms with E-state index in [1.165, 1.54) is 26.2 Å². The van der Waals surface area contributed by atoms with Gasteiger partial charge >= 0.3 is 0 Å². The van der Waals surface area contributed by atoms with E-state index in [0.717, 1.165) is 19.4 Å². The summed E-state index contributed by atoms with van der Waals surface area (Å²) in [4.78, 5) is 0. The molecule has 0 spiro atoms. The average Bonchev–Trinajstić information content (AvgIpc) is 2.40. The Labute approximate surface area is 106 Å². The summed E-state index contributed by atoms with van der Waals surface area (Å²) < 4.78 is 34.0. The minimum absolute atomic E-state index is 0.0931. The summed E-state index contributed by atoms with van der Waals surface area (Å²) in [6.07, 6.45) is 1.70. The van der Waals surface area contributed by atoms with E-state index in [0.29, 0.717) is 6.54 Å². The van der Waals surface area contributed by atoms with Crippen LogP contribution in [0.1, 0.15) is 25.3 Å². The van der Waals surface area contributed by atoms with Gasteiger partial charge in [0.2, 0.25) is 0 Å². The molecular weight excluding hydrogens is 236 g/mol. The number of piperidine rings is 1. The molecule has 0 amide bonds. The molecule has 1 heterocycles. The number of hydrogen-bond acceptors (Lipinski definition) is 2. The molecule has 0 saturated carbocycles. The molecule has 2 unspecified atom stereocenters. The molecule has 0 aliphatic carbocycles. The first-order valence-corrected chi connectivity index (χ1v) is 6.30. The quantitative estimate of drug-likeness (QED) is 0.896. The first-order valence-electron chi connectivity index (χ1n) is 6.30. The lowest BCUT2D eigenvalue weighted by Crippen LogP contribution is -2.40. The summed E-state index contributed by atoms with van der Waals surface area (Å²) in [5, 5.41) is 3.17. The van der Waals surface area contributed by atoms with Crippen LogP contribution in [0.2, 0.25) is 0 Å². The van der Waals surface area contributed by atoms with Crippen molar-refractivity contribution in [2.24, 2.45) is 5.92 Å². The molecule has 1 fully saturated rings. The van der Waals surface area contributed by atoms with Gasteiger partial charge in [0.1, 0.15) is 5.67 Å². The van der Waals surface area contributed by atoms with Crippen molar-refractivity contribution in [2.45, 2.75) is 25.4 Å². The molecular formula is C14H19F2NO. The van der Waals surface area contributed by atoms with Crippen LogP contribution in [0.15, 0.2) is 18.2 Å². The second-order valence-electron chi connectivity index (χ2n) is 4.94. The third-order valence-corrected chi connectivity index (χ3v) is 3.77. The van der Waals surface area contributed by atoms with Crippen molar-refractivity contribution in [1.82, 2.24) is 5.32 Å². The Morgan fingerprint density at radius 3 is 2.83 bits per heavy atom. The van der Waals surface area contributed by atoms with Gasteiger partial charge in [-0.3, -0.25) is 0 Å². The second kappa shape index (κ2) is 5.22. The molecule has 1 aromatic rings. The van der Waals surface area contributed by atoms with E-state index in [-0.39, 0.29) is 17.2 Å². The van der Waals surface area contributed by atoms with Crippen LogP contribution in [-0.4, -0.2) is 20.2 Å². The summed E-state index contributed by atoms with van der Waals surface area (Å²) in [5.41, 5.74) is -1.58. The van der Waals surface area contributed by atoms with Crippen LogP contribution < -0.4 is 10.1 Å². The summed E-state index contributed by atoms with van der Waals surface area (Å²) in [6.45, 7) is 2.96. The third kappa shape index (κ3) is 2.34. The van der Waals surface area contributed by atoms with Crippen LogP contribution in [0, 0.1) is 11.7 Å². The van der Waals surface area contributed by atoms with Gasteiger partial charge in [-0.1, -0.05) is 12.1 Å². The molecule has 18 heavy (non-hydrogen) atoms. The Morgan fingerprint density at radius 2 is 2.22 bits per heavy atom. The lowest BCUT2D eigenvalue weighted by molar-refractivity contribution is 0.0766. The maximum Gasteiger partial charge on any atom is 0.171 e. The Balaban J connectivity index is 2.33. The zero-order valence-electron chi connectivity index (χ0n) is 10.8. The van der Waals surface area contributed by atoms with Crippen molar-refractivity contribution >= 4 is 0 Å². The van der Waals surface area contributed by atoms with Crippen LogP contribution in [0.5, 0.6) is 5.75 Å². The summed E-state index contributed by atoms with van der Waals surface area (Å²) in [7, 11) is 1.39. The smallest absolute Gasteiger partial charge is 0.171 e. The number of ether oxygens (including phenoxy) is 1. The topological polar surface area (TPSA) is 21.3 Å². The summed E-state index contributed by atoms with van der Waals surface area (Å²) in [5.74, 6) is -0.691. The number of rotatable bonds is 3. The van der Waals surface area contributed by atoms with Crippen molar-refractivity contribution in [3.05, 3.63) is 29.6 Å². The molecule has 1 saturated heterocycles. The predicted molar refractivity (Wildman–Crippen MR) is 67.0 cm³/mol. The van der Waals surface area contributed by atoms with Gasteiger partial charge in [-0.15, -0.1) is 0 Å². The molecule has 2 nitrogen and oxygen atoms in total. The van der Waals surface area contributed by atoms with Crippen molar-refractivity contribution in [3.8, 4) is 5.75 Å². The minimum atomic E-state index is -1.67. The molecule has 1 N–H and O–H groups in total. The Kier molecular flexibility index (Phi) is 3.85. The number of nitrogens with one attached hydrogen (secondary N) is 1. The highest BCUT2D eigenvalue weighted by Gasteiger charge is 2.39. The molecule has 1 aliphatic rings. The maximum atomic E-state index is 14.9. The number of halogens is 2. The largest absolute Gasteiger partial charge is 0.494 e. The fourth-order valence-corrected chi connectivity index (χ4v) is 2.58. The summed E-state index contributed by atoms with van der Waals surface area (Å²) >= 11 is 0. The normalized spacial score (nSPS) is 23.4. The van der Waals surface area contributed by atoms with E-state index in [1.54, 1.807) is 6.07 Å². The highest BCUT2D eigenvalue weighted by molar-refractivity contribution is 5.35. The lowest BCUT2D eigenvalue weighted by atomic mass is 9.80. The number of methoxy groups -OCH3 is 1. The van der Waals surface area contributed by atoms with Crippen molar-refractivity contribution in [2.75, 3.05) is 20.2 Å². The van der Waals surface area contributed by atoms with E-state index in [1.807, 2.05) is 0 Å². The number of hydrogen-bond donors (Lipinski definition) is 1. The third-order valence-electron chi connectivity index (χ3n) is 3.77. The molecule has 4 heteroatoms. The minimum Gasteiger partial charge on any atom is -0.494 e. The van der Waals surface area contributed by atoms with Crippen LogP contribution in [0.3, 0.4) is 0 Å². The van der Waals surface area contributed by atoms with Crippen LogP contribution in [0.4, 0.5) is 8.78 Å². The van der Waals surface area contributed by atoms with E-state index in [9.17, 15) is 8.78 Å². The molecule has 2 atom stereocenters. The van der Waals surface area contributed by atoms with Gasteiger partial charge in [0, 0.05) is 18.0 Å². The Morgan fingerprint density at radius 1 is 1.44 bits per heavy atom. The number of alkyl halides is 1. The van der Waals surface area contributed by atoms with E-state index >= 15 is 0 Å². The fraction of sp³-hybridized carbons (Fsp3) is 0.571. The second-order valence-corrected chi connectivity index (χ2v) is 4.94. The van der Waals surface area contributed by atoms with Crippen LogP contribution in [0.25, 0.3) is 0 Å². The van der Waals surface area contributed by atoms with Gasteiger partial charge in [0.15, 0.2) is 11.6 Å². The average molecular weight is 255 g/mol. The van der Waals surface area contributed by atoms with E-state index < -0.39 is 11.5 Å². The van der Waals surface area contributed by atoms with E-state index in [2.05, 4.69) is 5.32 Å².